The van der Waals surface area contributed by atoms with Crippen molar-refractivity contribution in [3.8, 4) is 0 Å². The van der Waals surface area contributed by atoms with E-state index in [0.29, 0.717) is 0 Å². The molecular formula is C19H20ClN3. The van der Waals surface area contributed by atoms with E-state index in [1.54, 1.807) is 0 Å². The highest BCUT2D eigenvalue weighted by Gasteiger charge is 2.25. The largest absolute Gasteiger partial charge is 0.361 e. The second kappa shape index (κ2) is 6.36. The van der Waals surface area contributed by atoms with Gasteiger partial charge < -0.3 is 10.3 Å². The van der Waals surface area contributed by atoms with Crippen molar-refractivity contribution >= 4 is 22.5 Å². The second-order valence-corrected chi connectivity index (χ2v) is 6.47. The minimum absolute atomic E-state index is 0.255. The van der Waals surface area contributed by atoms with Crippen LogP contribution in [0.15, 0.2) is 54.7 Å². The summed E-state index contributed by atoms with van der Waals surface area (Å²) in [7, 11) is 0. The number of hydrogen-bond acceptors (Lipinski definition) is 2. The van der Waals surface area contributed by atoms with Crippen LogP contribution < -0.4 is 5.32 Å². The summed E-state index contributed by atoms with van der Waals surface area (Å²) in [6.45, 7) is 4.17. The Kier molecular flexibility index (Phi) is 4.08. The summed E-state index contributed by atoms with van der Waals surface area (Å²) in [6, 6.07) is 17.0. The minimum atomic E-state index is 0.255. The van der Waals surface area contributed by atoms with Crippen LogP contribution in [0.5, 0.6) is 0 Å². The molecule has 2 heterocycles. The number of benzene rings is 2. The predicted molar refractivity (Wildman–Crippen MR) is 96.0 cm³/mol. The van der Waals surface area contributed by atoms with Crippen molar-refractivity contribution in [1.29, 1.82) is 0 Å². The molecule has 1 unspecified atom stereocenters. The zero-order chi connectivity index (χ0) is 15.6. The van der Waals surface area contributed by atoms with Gasteiger partial charge in [-0.1, -0.05) is 41.9 Å². The van der Waals surface area contributed by atoms with E-state index in [4.69, 9.17) is 11.6 Å². The molecule has 23 heavy (non-hydrogen) atoms. The van der Waals surface area contributed by atoms with Gasteiger partial charge >= 0.3 is 0 Å². The molecule has 1 atom stereocenters. The smallest absolute Gasteiger partial charge is 0.0623 e. The maximum Gasteiger partial charge on any atom is 0.0623 e. The number of fused-ring (bicyclic) bond motifs is 1. The minimum Gasteiger partial charge on any atom is -0.361 e. The molecule has 4 heteroatoms. The third-order valence-corrected chi connectivity index (χ3v) is 4.87. The van der Waals surface area contributed by atoms with Crippen LogP contribution in [-0.4, -0.2) is 36.1 Å². The van der Waals surface area contributed by atoms with Crippen LogP contribution in [0, 0.1) is 0 Å². The Balaban J connectivity index is 1.82. The fourth-order valence-corrected chi connectivity index (χ4v) is 3.62. The van der Waals surface area contributed by atoms with Crippen LogP contribution in [0.4, 0.5) is 0 Å². The zero-order valence-corrected chi connectivity index (χ0v) is 13.7. The normalized spacial score (nSPS) is 17.4. The van der Waals surface area contributed by atoms with Gasteiger partial charge in [0.25, 0.3) is 0 Å². The topological polar surface area (TPSA) is 31.1 Å². The van der Waals surface area contributed by atoms with Gasteiger partial charge in [-0.25, -0.2) is 0 Å². The molecule has 2 N–H and O–H groups in total. The van der Waals surface area contributed by atoms with Gasteiger partial charge in [0, 0.05) is 48.3 Å². The average molecular weight is 326 g/mol. The Bertz CT molecular complexity index is 788. The van der Waals surface area contributed by atoms with Crippen molar-refractivity contribution in [3.63, 3.8) is 0 Å². The van der Waals surface area contributed by atoms with Crippen LogP contribution in [0.1, 0.15) is 17.2 Å². The molecular weight excluding hydrogens is 306 g/mol. The molecule has 3 nitrogen and oxygen atoms in total. The highest BCUT2D eigenvalue weighted by molar-refractivity contribution is 6.30. The second-order valence-electron chi connectivity index (χ2n) is 6.03. The van der Waals surface area contributed by atoms with Crippen molar-refractivity contribution in [2.24, 2.45) is 0 Å². The Morgan fingerprint density at radius 3 is 2.48 bits per heavy atom. The van der Waals surface area contributed by atoms with E-state index in [9.17, 15) is 0 Å². The lowest BCUT2D eigenvalue weighted by Crippen LogP contribution is -2.45. The van der Waals surface area contributed by atoms with Gasteiger partial charge in [-0.05, 0) is 29.3 Å². The summed E-state index contributed by atoms with van der Waals surface area (Å²) in [6.07, 6.45) is 2.16. The molecule has 2 aromatic carbocycles. The molecule has 0 spiro atoms. The van der Waals surface area contributed by atoms with E-state index in [1.165, 1.54) is 22.0 Å². The number of nitrogens with zero attached hydrogens (tertiary/aromatic N) is 1. The van der Waals surface area contributed by atoms with E-state index >= 15 is 0 Å². The van der Waals surface area contributed by atoms with Gasteiger partial charge in [0.2, 0.25) is 0 Å². The number of aromatic nitrogens is 1. The van der Waals surface area contributed by atoms with E-state index in [-0.39, 0.29) is 6.04 Å². The third kappa shape index (κ3) is 2.88. The Morgan fingerprint density at radius 1 is 0.957 bits per heavy atom. The number of aromatic amines is 1. The van der Waals surface area contributed by atoms with Crippen molar-refractivity contribution in [2.45, 2.75) is 6.04 Å². The lowest BCUT2D eigenvalue weighted by Gasteiger charge is -2.35. The third-order valence-electron chi connectivity index (χ3n) is 4.62. The molecule has 1 saturated heterocycles. The van der Waals surface area contributed by atoms with Crippen LogP contribution in [0.2, 0.25) is 5.02 Å². The predicted octanol–water partition coefficient (Wildman–Crippen LogP) is 3.82. The molecule has 0 saturated carbocycles. The summed E-state index contributed by atoms with van der Waals surface area (Å²) in [4.78, 5) is 5.97. The molecule has 0 radical (unpaired) electrons. The van der Waals surface area contributed by atoms with Gasteiger partial charge in [0.1, 0.15) is 0 Å². The number of H-pyrrole nitrogens is 1. The number of nitrogens with one attached hydrogen (secondary N) is 2. The molecule has 1 aliphatic heterocycles. The van der Waals surface area contributed by atoms with Crippen LogP contribution in [0.25, 0.3) is 10.9 Å². The molecule has 118 valence electrons. The molecule has 4 rings (SSSR count). The van der Waals surface area contributed by atoms with Crippen molar-refractivity contribution in [1.82, 2.24) is 15.2 Å². The van der Waals surface area contributed by atoms with Gasteiger partial charge in [-0.15, -0.1) is 0 Å². The molecule has 1 aromatic heterocycles. The zero-order valence-electron chi connectivity index (χ0n) is 12.9. The fraction of sp³-hybridized carbons (Fsp3) is 0.263. The van der Waals surface area contributed by atoms with Gasteiger partial charge in [-0.3, -0.25) is 4.90 Å². The summed E-state index contributed by atoms with van der Waals surface area (Å²) < 4.78 is 0. The lowest BCUT2D eigenvalue weighted by atomic mass is 9.96. The number of halogens is 1. The standard InChI is InChI=1S/C19H20ClN3/c20-15-7-5-14(6-8-15)19(23-11-9-21-10-12-23)17-13-22-18-4-2-1-3-16(17)18/h1-8,13,19,21-22H,9-12H2. The Morgan fingerprint density at radius 2 is 1.70 bits per heavy atom. The SMILES string of the molecule is Clc1ccc(C(c2c[nH]c3ccccc23)N2CCNCC2)cc1. The monoisotopic (exact) mass is 325 g/mol. The summed E-state index contributed by atoms with van der Waals surface area (Å²) in [5, 5.41) is 5.52. The first-order valence-corrected chi connectivity index (χ1v) is 8.47. The van der Waals surface area contributed by atoms with Crippen LogP contribution in [-0.2, 0) is 0 Å². The van der Waals surface area contributed by atoms with Gasteiger partial charge in [0.05, 0.1) is 6.04 Å². The molecule has 3 aromatic rings. The maximum atomic E-state index is 6.09. The van der Waals surface area contributed by atoms with E-state index in [2.05, 4.69) is 57.8 Å². The first-order chi connectivity index (χ1) is 11.3. The fourth-order valence-electron chi connectivity index (χ4n) is 3.49. The highest BCUT2D eigenvalue weighted by Crippen LogP contribution is 2.34. The highest BCUT2D eigenvalue weighted by atomic mass is 35.5. The van der Waals surface area contributed by atoms with E-state index in [0.717, 1.165) is 31.2 Å². The number of piperazine rings is 1. The Hall–Kier alpha value is -1.81. The molecule has 0 bridgehead atoms. The van der Waals surface area contributed by atoms with Crippen molar-refractivity contribution in [3.05, 3.63) is 70.9 Å². The first-order valence-electron chi connectivity index (χ1n) is 8.09. The first kappa shape index (κ1) is 14.8. The van der Waals surface area contributed by atoms with Crippen LogP contribution in [0.3, 0.4) is 0 Å². The lowest BCUT2D eigenvalue weighted by molar-refractivity contribution is 0.199. The van der Waals surface area contributed by atoms with Crippen LogP contribution >= 0.6 is 11.6 Å². The van der Waals surface area contributed by atoms with Crippen molar-refractivity contribution in [2.75, 3.05) is 26.2 Å². The van der Waals surface area contributed by atoms with E-state index < -0.39 is 0 Å². The summed E-state index contributed by atoms with van der Waals surface area (Å²) in [5.74, 6) is 0. The molecule has 0 aliphatic carbocycles. The number of rotatable bonds is 3. The van der Waals surface area contributed by atoms with Gasteiger partial charge in [-0.2, -0.15) is 0 Å². The van der Waals surface area contributed by atoms with E-state index in [1.807, 2.05) is 12.1 Å². The summed E-state index contributed by atoms with van der Waals surface area (Å²) >= 11 is 6.09. The van der Waals surface area contributed by atoms with Gasteiger partial charge in [0.15, 0.2) is 0 Å². The molecule has 0 amide bonds. The summed E-state index contributed by atoms with van der Waals surface area (Å²) in [5.41, 5.74) is 3.82. The Labute approximate surface area is 141 Å². The number of hydrogen-bond donors (Lipinski definition) is 2. The van der Waals surface area contributed by atoms with Crippen molar-refractivity contribution < 1.29 is 0 Å². The maximum absolute atomic E-state index is 6.09. The number of para-hydroxylation sites is 1. The molecule has 1 fully saturated rings. The molecule has 1 aliphatic rings. The quantitative estimate of drug-likeness (QED) is 0.767. The average Bonchev–Trinajstić information content (AvgIpc) is 3.02.